The topological polar surface area (TPSA) is 52.9 Å². The van der Waals surface area contributed by atoms with Crippen molar-refractivity contribution in [1.82, 2.24) is 4.90 Å². The molecular weight excluding hydrogens is 302 g/mol. The standard InChI is InChI=1S/C20H25NO3/c22-18-7-9-19(10-8-18)24-16-4-13-21-14-11-20(23,12-15-21)17-5-2-1-3-6-17/h1-3,5-10,22-23H,4,11-16H2. The average Bonchev–Trinajstić information content (AvgIpc) is 2.63. The number of aliphatic hydroxyl groups is 1. The van der Waals surface area contributed by atoms with E-state index in [-0.39, 0.29) is 5.75 Å². The molecule has 1 saturated heterocycles. The van der Waals surface area contributed by atoms with Crippen molar-refractivity contribution in [2.24, 2.45) is 0 Å². The van der Waals surface area contributed by atoms with Gasteiger partial charge < -0.3 is 19.8 Å². The van der Waals surface area contributed by atoms with Crippen LogP contribution in [0.1, 0.15) is 24.8 Å². The number of phenolic OH excluding ortho intramolecular Hbond substituents is 1. The van der Waals surface area contributed by atoms with E-state index in [1.54, 1.807) is 24.3 Å². The highest BCUT2D eigenvalue weighted by Crippen LogP contribution is 2.32. The Bertz CT molecular complexity index is 619. The van der Waals surface area contributed by atoms with Gasteiger partial charge in [0.05, 0.1) is 12.2 Å². The quantitative estimate of drug-likeness (QED) is 0.800. The number of benzene rings is 2. The van der Waals surface area contributed by atoms with Gasteiger partial charge in [0.25, 0.3) is 0 Å². The Morgan fingerprint density at radius 2 is 1.62 bits per heavy atom. The molecule has 1 aliphatic rings. The van der Waals surface area contributed by atoms with E-state index in [1.807, 2.05) is 30.3 Å². The molecule has 0 spiro atoms. The minimum Gasteiger partial charge on any atom is -0.508 e. The minimum atomic E-state index is -0.680. The van der Waals surface area contributed by atoms with E-state index in [1.165, 1.54) is 0 Å². The first-order chi connectivity index (χ1) is 11.7. The van der Waals surface area contributed by atoms with Crippen molar-refractivity contribution in [3.8, 4) is 11.5 Å². The lowest BCUT2D eigenvalue weighted by Crippen LogP contribution is -2.43. The fourth-order valence-corrected chi connectivity index (χ4v) is 3.20. The third-order valence-electron chi connectivity index (χ3n) is 4.72. The van der Waals surface area contributed by atoms with Gasteiger partial charge in [-0.05, 0) is 49.1 Å². The van der Waals surface area contributed by atoms with Gasteiger partial charge in [-0.3, -0.25) is 0 Å². The van der Waals surface area contributed by atoms with Crippen LogP contribution >= 0.6 is 0 Å². The molecule has 0 saturated carbocycles. The smallest absolute Gasteiger partial charge is 0.119 e. The SMILES string of the molecule is Oc1ccc(OCCCN2CCC(O)(c3ccccc3)CC2)cc1. The normalized spacial score (nSPS) is 17.5. The maximum Gasteiger partial charge on any atom is 0.119 e. The van der Waals surface area contributed by atoms with Crippen LogP contribution in [0, 0.1) is 0 Å². The van der Waals surface area contributed by atoms with E-state index in [9.17, 15) is 10.2 Å². The van der Waals surface area contributed by atoms with Gasteiger partial charge in [-0.25, -0.2) is 0 Å². The third-order valence-corrected chi connectivity index (χ3v) is 4.72. The van der Waals surface area contributed by atoms with Crippen LogP contribution in [0.2, 0.25) is 0 Å². The molecule has 1 aliphatic heterocycles. The molecule has 4 nitrogen and oxygen atoms in total. The summed E-state index contributed by atoms with van der Waals surface area (Å²) < 4.78 is 5.68. The molecule has 0 atom stereocenters. The average molecular weight is 327 g/mol. The number of phenols is 1. The molecule has 1 heterocycles. The van der Waals surface area contributed by atoms with Gasteiger partial charge >= 0.3 is 0 Å². The fraction of sp³-hybridized carbons (Fsp3) is 0.400. The first-order valence-corrected chi connectivity index (χ1v) is 8.58. The van der Waals surface area contributed by atoms with Gasteiger partial charge in [0.1, 0.15) is 11.5 Å². The second kappa shape index (κ2) is 7.69. The lowest BCUT2D eigenvalue weighted by atomic mass is 9.84. The monoisotopic (exact) mass is 327 g/mol. The van der Waals surface area contributed by atoms with Crippen molar-refractivity contribution in [2.45, 2.75) is 24.9 Å². The molecule has 128 valence electrons. The summed E-state index contributed by atoms with van der Waals surface area (Å²) >= 11 is 0. The zero-order valence-corrected chi connectivity index (χ0v) is 13.9. The molecule has 2 N–H and O–H groups in total. The number of hydrogen-bond acceptors (Lipinski definition) is 4. The van der Waals surface area contributed by atoms with Gasteiger partial charge in [-0.15, -0.1) is 0 Å². The van der Waals surface area contributed by atoms with Crippen LogP contribution in [0.15, 0.2) is 54.6 Å². The van der Waals surface area contributed by atoms with E-state index >= 15 is 0 Å². The first kappa shape index (κ1) is 16.8. The maximum absolute atomic E-state index is 10.8. The Hall–Kier alpha value is -2.04. The van der Waals surface area contributed by atoms with Crippen LogP contribution in [0.25, 0.3) is 0 Å². The highest BCUT2D eigenvalue weighted by atomic mass is 16.5. The molecule has 3 rings (SSSR count). The Morgan fingerprint density at radius 1 is 0.958 bits per heavy atom. The highest BCUT2D eigenvalue weighted by Gasteiger charge is 2.33. The number of ether oxygens (including phenoxy) is 1. The molecule has 0 unspecified atom stereocenters. The second-order valence-corrected chi connectivity index (χ2v) is 6.44. The lowest BCUT2D eigenvalue weighted by Gasteiger charge is -2.38. The molecule has 24 heavy (non-hydrogen) atoms. The first-order valence-electron chi connectivity index (χ1n) is 8.58. The van der Waals surface area contributed by atoms with Gasteiger partial charge in [-0.1, -0.05) is 30.3 Å². The second-order valence-electron chi connectivity index (χ2n) is 6.44. The molecule has 2 aromatic rings. The summed E-state index contributed by atoms with van der Waals surface area (Å²) in [6, 6.07) is 16.8. The minimum absolute atomic E-state index is 0.251. The Morgan fingerprint density at radius 3 is 2.29 bits per heavy atom. The van der Waals surface area contributed by atoms with Crippen LogP contribution in [-0.2, 0) is 5.60 Å². The summed E-state index contributed by atoms with van der Waals surface area (Å²) in [6.45, 7) is 3.45. The number of nitrogens with zero attached hydrogens (tertiary/aromatic N) is 1. The lowest BCUT2D eigenvalue weighted by molar-refractivity contribution is -0.0264. The van der Waals surface area contributed by atoms with E-state index in [2.05, 4.69) is 4.90 Å². The predicted octanol–water partition coefficient (Wildman–Crippen LogP) is 3.14. The van der Waals surface area contributed by atoms with Crippen LogP contribution in [-0.4, -0.2) is 41.4 Å². The van der Waals surface area contributed by atoms with Crippen molar-refractivity contribution >= 4 is 0 Å². The Balaban J connectivity index is 1.39. The van der Waals surface area contributed by atoms with E-state index in [0.717, 1.165) is 50.2 Å². The van der Waals surface area contributed by atoms with Crippen molar-refractivity contribution in [3.05, 3.63) is 60.2 Å². The number of piperidine rings is 1. The van der Waals surface area contributed by atoms with Crippen LogP contribution in [0.4, 0.5) is 0 Å². The predicted molar refractivity (Wildman–Crippen MR) is 94.2 cm³/mol. The van der Waals surface area contributed by atoms with Crippen LogP contribution in [0.3, 0.4) is 0 Å². The molecule has 1 fully saturated rings. The van der Waals surface area contributed by atoms with Gasteiger partial charge in [0, 0.05) is 19.6 Å². The molecule has 0 aromatic heterocycles. The number of rotatable bonds is 6. The van der Waals surface area contributed by atoms with Crippen molar-refractivity contribution in [2.75, 3.05) is 26.2 Å². The molecule has 0 bridgehead atoms. The summed E-state index contributed by atoms with van der Waals surface area (Å²) in [7, 11) is 0. The summed E-state index contributed by atoms with van der Waals surface area (Å²) in [5, 5.41) is 20.1. The Kier molecular flexibility index (Phi) is 5.38. The molecule has 4 heteroatoms. The molecule has 0 amide bonds. The van der Waals surface area contributed by atoms with Crippen molar-refractivity contribution in [1.29, 1.82) is 0 Å². The Labute approximate surface area is 143 Å². The number of likely N-dealkylation sites (tertiary alicyclic amines) is 1. The van der Waals surface area contributed by atoms with Gasteiger partial charge in [0.2, 0.25) is 0 Å². The molecule has 0 aliphatic carbocycles. The van der Waals surface area contributed by atoms with Crippen LogP contribution < -0.4 is 4.74 Å². The summed E-state index contributed by atoms with van der Waals surface area (Å²) in [5.74, 6) is 1.03. The van der Waals surface area contributed by atoms with Crippen molar-refractivity contribution in [3.63, 3.8) is 0 Å². The molecular formula is C20H25NO3. The number of aromatic hydroxyl groups is 1. The summed E-state index contributed by atoms with van der Waals surface area (Å²) in [6.07, 6.45) is 2.50. The fourth-order valence-electron chi connectivity index (χ4n) is 3.20. The van der Waals surface area contributed by atoms with Crippen LogP contribution in [0.5, 0.6) is 11.5 Å². The van der Waals surface area contributed by atoms with E-state index < -0.39 is 5.60 Å². The highest BCUT2D eigenvalue weighted by molar-refractivity contribution is 5.30. The molecule has 2 aromatic carbocycles. The summed E-state index contributed by atoms with van der Waals surface area (Å²) in [4.78, 5) is 2.39. The largest absolute Gasteiger partial charge is 0.508 e. The summed E-state index contributed by atoms with van der Waals surface area (Å²) in [5.41, 5.74) is 0.348. The molecule has 0 radical (unpaired) electrons. The van der Waals surface area contributed by atoms with E-state index in [0.29, 0.717) is 6.61 Å². The number of hydrogen-bond donors (Lipinski definition) is 2. The van der Waals surface area contributed by atoms with Gasteiger partial charge in [-0.2, -0.15) is 0 Å². The zero-order valence-electron chi connectivity index (χ0n) is 13.9. The third kappa shape index (κ3) is 4.28. The maximum atomic E-state index is 10.8. The van der Waals surface area contributed by atoms with E-state index in [4.69, 9.17) is 4.74 Å². The van der Waals surface area contributed by atoms with Crippen molar-refractivity contribution < 1.29 is 14.9 Å². The van der Waals surface area contributed by atoms with Gasteiger partial charge in [0.15, 0.2) is 0 Å². The zero-order chi connectivity index (χ0) is 16.8.